The number of hydrogen-bond donors (Lipinski definition) is 6. The van der Waals surface area contributed by atoms with Gasteiger partial charge in [0.05, 0.1) is 30.3 Å². The molecule has 0 aromatic heterocycles. The van der Waals surface area contributed by atoms with Crippen LogP contribution in [0.3, 0.4) is 0 Å². The topological polar surface area (TPSA) is 205 Å². The van der Waals surface area contributed by atoms with Crippen molar-refractivity contribution < 1.29 is 49.4 Å². The van der Waals surface area contributed by atoms with E-state index in [4.69, 9.17) is 10.5 Å². The number of phenols is 1. The Bertz CT molecular complexity index is 1370. The summed E-state index contributed by atoms with van der Waals surface area (Å²) in [6.07, 6.45) is -1.50. The minimum atomic E-state index is -2.85. The van der Waals surface area contributed by atoms with Gasteiger partial charge in [-0.05, 0) is 35.8 Å². The third-order valence-corrected chi connectivity index (χ3v) is 10.8. The summed E-state index contributed by atoms with van der Waals surface area (Å²) in [5.74, 6) is -10.2. The zero-order valence-electron chi connectivity index (χ0n) is 25.4. The predicted octanol–water partition coefficient (Wildman–Crippen LogP) is 1.46. The van der Waals surface area contributed by atoms with Gasteiger partial charge >= 0.3 is 5.97 Å². The summed E-state index contributed by atoms with van der Waals surface area (Å²) >= 11 is 0. The van der Waals surface area contributed by atoms with Gasteiger partial charge in [-0.1, -0.05) is 60.1 Å². The van der Waals surface area contributed by atoms with Crippen LogP contribution in [0.1, 0.15) is 81.8 Å². The maximum atomic E-state index is 14.3. The Morgan fingerprint density at radius 2 is 1.77 bits per heavy atom. The van der Waals surface area contributed by atoms with Crippen LogP contribution in [-0.4, -0.2) is 79.5 Å². The second kappa shape index (κ2) is 11.1. The number of ketones is 2. The quantitative estimate of drug-likeness (QED) is 0.115. The molecule has 43 heavy (non-hydrogen) atoms. The van der Waals surface area contributed by atoms with E-state index in [1.165, 1.54) is 19.1 Å². The van der Waals surface area contributed by atoms with Crippen LogP contribution in [0.5, 0.6) is 5.75 Å². The van der Waals surface area contributed by atoms with Crippen molar-refractivity contribution in [2.75, 3.05) is 6.61 Å². The lowest BCUT2D eigenvalue weighted by Crippen LogP contribution is -2.83. The number of aliphatic hydroxyl groups excluding tert-OH is 3. The third-order valence-electron chi connectivity index (χ3n) is 10.8. The van der Waals surface area contributed by atoms with E-state index in [0.29, 0.717) is 12.0 Å². The average molecular weight is 602 g/mol. The number of ether oxygens (including phenoxy) is 1. The molecule has 0 spiro atoms. The van der Waals surface area contributed by atoms with Gasteiger partial charge in [-0.3, -0.25) is 14.4 Å². The Hall–Kier alpha value is -3.12. The highest BCUT2D eigenvalue weighted by Gasteiger charge is 2.80. The fraction of sp³-hybridized carbons (Fsp3) is 0.625. The number of phenolic OH excluding ortho intramolecular Hbond substituents is 1. The van der Waals surface area contributed by atoms with E-state index in [2.05, 4.69) is 0 Å². The Morgan fingerprint density at radius 3 is 2.33 bits per heavy atom. The lowest BCUT2D eigenvalue weighted by atomic mass is 9.36. The number of Topliss-reactive ketones (excluding diaryl/α,β-unsaturated/α-hetero) is 2. The molecule has 0 saturated heterocycles. The van der Waals surface area contributed by atoms with Gasteiger partial charge in [-0.25, -0.2) is 4.79 Å². The molecule has 0 radical (unpaired) electrons. The molecule has 1 aromatic rings. The molecule has 4 rings (SSSR count). The van der Waals surface area contributed by atoms with Crippen LogP contribution in [0.2, 0.25) is 0 Å². The van der Waals surface area contributed by atoms with Crippen molar-refractivity contribution in [3.05, 3.63) is 34.9 Å². The molecule has 3 aliphatic rings. The number of carbonyl (C=O) groups is 4. The van der Waals surface area contributed by atoms with E-state index < -0.39 is 93.5 Å². The summed E-state index contributed by atoms with van der Waals surface area (Å²) in [5, 5.41) is 58.9. The molecule has 10 atom stereocenters. The number of rotatable bonds is 7. The van der Waals surface area contributed by atoms with E-state index in [1.54, 1.807) is 33.8 Å². The number of benzene rings is 1. The van der Waals surface area contributed by atoms with Crippen molar-refractivity contribution >= 4 is 29.5 Å². The van der Waals surface area contributed by atoms with Crippen molar-refractivity contribution in [2.45, 2.75) is 84.2 Å². The fourth-order valence-electron chi connectivity index (χ4n) is 8.43. The zero-order valence-corrected chi connectivity index (χ0v) is 25.4. The van der Waals surface area contributed by atoms with Crippen LogP contribution < -0.4 is 5.73 Å². The lowest BCUT2D eigenvalue weighted by Gasteiger charge is -2.69. The number of nitrogens with two attached hydrogens (primary N) is 1. The highest BCUT2D eigenvalue weighted by molar-refractivity contribution is 6.10. The maximum Gasteiger partial charge on any atom is 0.330 e. The number of unbranched alkanes of at least 4 members (excludes halogenated alkanes) is 1. The SMILES string of the molecule is CCCCOC(=O)/C=C/c1ccc2c(c1O)C(=O)[C@@H]1C(O)[C@@]3(O)C(=O)[C@H](C(N)=O)C(O)[C@H](C(C)C)[C@@]3(C)[C@H](O)[C@@]1(C)[C@@H]2C. The molecule has 0 bridgehead atoms. The van der Waals surface area contributed by atoms with Crippen LogP contribution in [0.4, 0.5) is 0 Å². The summed E-state index contributed by atoms with van der Waals surface area (Å²) in [6, 6.07) is 3.11. The second-order valence-corrected chi connectivity index (χ2v) is 13.2. The molecule has 1 amide bonds. The number of carbonyl (C=O) groups excluding carboxylic acids is 4. The van der Waals surface area contributed by atoms with Crippen molar-refractivity contribution in [3.63, 3.8) is 0 Å². The molecular weight excluding hydrogens is 558 g/mol. The van der Waals surface area contributed by atoms with Crippen molar-refractivity contribution in [3.8, 4) is 5.75 Å². The monoisotopic (exact) mass is 601 g/mol. The molecular formula is C32H43NO10. The smallest absolute Gasteiger partial charge is 0.330 e. The molecule has 2 unspecified atom stereocenters. The first kappa shape index (κ1) is 32.8. The first-order valence-electron chi connectivity index (χ1n) is 14.8. The van der Waals surface area contributed by atoms with Crippen LogP contribution >= 0.6 is 0 Å². The van der Waals surface area contributed by atoms with Gasteiger partial charge < -0.3 is 36.0 Å². The standard InChI is InChI=1S/C32H43NO10/c1-7-8-13-43-18(34)12-10-16-9-11-17-15(4)30(5)22(24(36)19(17)23(16)35)27(39)32(42)26(38)20(28(33)40)25(37)21(14(2)3)31(32,6)29(30)41/h9-12,14-15,20-22,25,27,29,35,37,39,41-42H,7-8,13H2,1-6H3,(H2,33,40)/b12-10+/t15-,20-,21+,22-,25?,27?,29-,30+,31+,32+/m1/s1. The highest BCUT2D eigenvalue weighted by atomic mass is 16.5. The van der Waals surface area contributed by atoms with E-state index in [1.807, 2.05) is 6.92 Å². The van der Waals surface area contributed by atoms with Gasteiger partial charge in [0, 0.05) is 22.5 Å². The Kier molecular flexibility index (Phi) is 8.47. The molecule has 3 aliphatic carbocycles. The largest absolute Gasteiger partial charge is 0.507 e. The molecule has 236 valence electrons. The van der Waals surface area contributed by atoms with Crippen molar-refractivity contribution in [1.82, 2.24) is 0 Å². The third kappa shape index (κ3) is 4.30. The average Bonchev–Trinajstić information content (AvgIpc) is 2.92. The van der Waals surface area contributed by atoms with E-state index in [-0.39, 0.29) is 17.7 Å². The van der Waals surface area contributed by atoms with Crippen LogP contribution in [0.15, 0.2) is 18.2 Å². The minimum Gasteiger partial charge on any atom is -0.507 e. The first-order chi connectivity index (χ1) is 19.9. The summed E-state index contributed by atoms with van der Waals surface area (Å²) in [4.78, 5) is 52.6. The summed E-state index contributed by atoms with van der Waals surface area (Å²) in [6.45, 7) is 10.2. The number of aliphatic hydroxyl groups is 4. The molecule has 11 nitrogen and oxygen atoms in total. The molecule has 2 saturated carbocycles. The number of esters is 1. The van der Waals surface area contributed by atoms with E-state index >= 15 is 0 Å². The van der Waals surface area contributed by atoms with Gasteiger partial charge in [0.15, 0.2) is 17.2 Å². The van der Waals surface area contributed by atoms with E-state index in [9.17, 15) is 44.7 Å². The Morgan fingerprint density at radius 1 is 1.14 bits per heavy atom. The number of primary amides is 1. The molecule has 0 heterocycles. The first-order valence-corrected chi connectivity index (χ1v) is 14.8. The molecule has 11 heteroatoms. The van der Waals surface area contributed by atoms with Crippen LogP contribution in [0, 0.1) is 34.5 Å². The number of hydrogen-bond acceptors (Lipinski definition) is 10. The molecule has 2 fully saturated rings. The van der Waals surface area contributed by atoms with Gasteiger partial charge in [0.1, 0.15) is 17.8 Å². The van der Waals surface area contributed by atoms with Crippen LogP contribution in [0.25, 0.3) is 6.08 Å². The van der Waals surface area contributed by atoms with Gasteiger partial charge in [0.2, 0.25) is 5.91 Å². The molecule has 1 aromatic carbocycles. The summed E-state index contributed by atoms with van der Waals surface area (Å²) < 4.78 is 5.10. The van der Waals surface area contributed by atoms with Crippen molar-refractivity contribution in [2.24, 2.45) is 40.2 Å². The second-order valence-electron chi connectivity index (χ2n) is 13.2. The summed E-state index contributed by atoms with van der Waals surface area (Å²) in [5.41, 5.74) is -0.465. The number of amides is 1. The minimum absolute atomic E-state index is 0.121. The highest BCUT2D eigenvalue weighted by Crippen LogP contribution is 2.68. The fourth-order valence-corrected chi connectivity index (χ4v) is 8.43. The zero-order chi connectivity index (χ0) is 32.4. The summed E-state index contributed by atoms with van der Waals surface area (Å²) in [7, 11) is 0. The Labute approximate surface area is 250 Å². The molecule has 0 aliphatic heterocycles. The number of fused-ring (bicyclic) bond motifs is 3. The van der Waals surface area contributed by atoms with Gasteiger partial charge in [0.25, 0.3) is 0 Å². The van der Waals surface area contributed by atoms with E-state index in [0.717, 1.165) is 12.5 Å². The van der Waals surface area contributed by atoms with Gasteiger partial charge in [-0.15, -0.1) is 0 Å². The van der Waals surface area contributed by atoms with Gasteiger partial charge in [-0.2, -0.15) is 0 Å². The Balaban J connectivity index is 1.89. The lowest BCUT2D eigenvalue weighted by molar-refractivity contribution is -0.306. The van der Waals surface area contributed by atoms with Crippen molar-refractivity contribution in [1.29, 1.82) is 0 Å². The van der Waals surface area contributed by atoms with Crippen LogP contribution in [-0.2, 0) is 19.1 Å². The number of aromatic hydroxyl groups is 1. The predicted molar refractivity (Wildman–Crippen MR) is 154 cm³/mol. The maximum absolute atomic E-state index is 14.3. The molecule has 7 N–H and O–H groups in total. The normalized spacial score (nSPS) is 38.9.